The smallest absolute Gasteiger partial charge is 0.257 e. The van der Waals surface area contributed by atoms with E-state index in [-0.39, 0.29) is 5.91 Å². The molecule has 3 rings (SSSR count). The zero-order valence-electron chi connectivity index (χ0n) is 11.3. The molecule has 4 nitrogen and oxygen atoms in total. The van der Waals surface area contributed by atoms with E-state index in [1.165, 1.54) is 6.20 Å². The van der Waals surface area contributed by atoms with Crippen molar-refractivity contribution < 1.29 is 4.79 Å². The molecule has 0 aliphatic heterocycles. The van der Waals surface area contributed by atoms with Gasteiger partial charge in [0.1, 0.15) is 0 Å². The molecule has 5 heteroatoms. The number of anilines is 1. The van der Waals surface area contributed by atoms with Crippen LogP contribution in [0.4, 0.5) is 5.69 Å². The molecule has 21 heavy (non-hydrogen) atoms. The molecule has 0 unspecified atom stereocenters. The molecule has 104 valence electrons. The summed E-state index contributed by atoms with van der Waals surface area (Å²) in [6.45, 7) is 1.91. The van der Waals surface area contributed by atoms with Crippen LogP contribution in [0.5, 0.6) is 0 Å². The summed E-state index contributed by atoms with van der Waals surface area (Å²) in [4.78, 5) is 20.5. The van der Waals surface area contributed by atoms with E-state index < -0.39 is 0 Å². The van der Waals surface area contributed by atoms with Gasteiger partial charge in [0, 0.05) is 29.0 Å². The van der Waals surface area contributed by atoms with Gasteiger partial charge in [0.25, 0.3) is 5.91 Å². The summed E-state index contributed by atoms with van der Waals surface area (Å²) in [6.07, 6.45) is 4.81. The number of carbonyl (C=O) groups excluding carboxylic acids is 1. The van der Waals surface area contributed by atoms with E-state index in [0.29, 0.717) is 16.3 Å². The molecule has 0 radical (unpaired) electrons. The number of benzene rings is 1. The van der Waals surface area contributed by atoms with Crippen LogP contribution in [0.3, 0.4) is 0 Å². The van der Waals surface area contributed by atoms with Crippen molar-refractivity contribution in [2.24, 2.45) is 0 Å². The molecule has 1 aromatic carbocycles. The molecule has 1 amide bonds. The SMILES string of the molecule is Cc1c(Cl)ccc2c(NC(=O)c3cccnc3)ccnc12. The fourth-order valence-corrected chi connectivity index (χ4v) is 2.29. The van der Waals surface area contributed by atoms with Gasteiger partial charge in [-0.1, -0.05) is 11.6 Å². The molecule has 0 spiro atoms. The summed E-state index contributed by atoms with van der Waals surface area (Å²) in [7, 11) is 0. The molecule has 0 fully saturated rings. The Morgan fingerprint density at radius 3 is 2.81 bits per heavy atom. The first-order chi connectivity index (χ1) is 10.2. The van der Waals surface area contributed by atoms with Gasteiger partial charge in [0.05, 0.1) is 16.8 Å². The van der Waals surface area contributed by atoms with Gasteiger partial charge in [-0.15, -0.1) is 0 Å². The van der Waals surface area contributed by atoms with Crippen molar-refractivity contribution in [1.29, 1.82) is 0 Å². The van der Waals surface area contributed by atoms with Crippen LogP contribution in [0.15, 0.2) is 48.9 Å². The first-order valence-electron chi connectivity index (χ1n) is 6.42. The quantitative estimate of drug-likeness (QED) is 0.782. The topological polar surface area (TPSA) is 54.9 Å². The standard InChI is InChI=1S/C16H12ClN3O/c1-10-13(17)5-4-12-14(6-8-19-15(10)12)20-16(21)11-3-2-7-18-9-11/h2-9H,1H3,(H,19,20,21). The van der Waals surface area contributed by atoms with E-state index in [1.54, 1.807) is 36.7 Å². The molecule has 0 atom stereocenters. The number of amides is 1. The minimum absolute atomic E-state index is 0.205. The molecule has 1 N–H and O–H groups in total. The third kappa shape index (κ3) is 2.58. The zero-order chi connectivity index (χ0) is 14.8. The van der Waals surface area contributed by atoms with E-state index in [4.69, 9.17) is 11.6 Å². The minimum atomic E-state index is -0.205. The van der Waals surface area contributed by atoms with Gasteiger partial charge >= 0.3 is 0 Å². The van der Waals surface area contributed by atoms with E-state index in [2.05, 4.69) is 15.3 Å². The van der Waals surface area contributed by atoms with Crippen molar-refractivity contribution in [3.63, 3.8) is 0 Å². The molecule has 2 heterocycles. The van der Waals surface area contributed by atoms with Crippen LogP contribution in [-0.2, 0) is 0 Å². The Kier molecular flexibility index (Phi) is 3.54. The van der Waals surface area contributed by atoms with Gasteiger partial charge in [-0.3, -0.25) is 14.8 Å². The van der Waals surface area contributed by atoms with Gasteiger partial charge in [0.2, 0.25) is 0 Å². The molecule has 0 aliphatic carbocycles. The summed E-state index contributed by atoms with van der Waals surface area (Å²) in [5.74, 6) is -0.205. The van der Waals surface area contributed by atoms with Crippen LogP contribution < -0.4 is 5.32 Å². The second kappa shape index (κ2) is 5.50. The molecule has 0 saturated carbocycles. The number of carbonyl (C=O) groups is 1. The number of nitrogens with zero attached hydrogens (tertiary/aromatic N) is 2. The van der Waals surface area contributed by atoms with Gasteiger partial charge < -0.3 is 5.32 Å². The third-order valence-corrected chi connectivity index (χ3v) is 3.68. The lowest BCUT2D eigenvalue weighted by Crippen LogP contribution is -2.12. The Morgan fingerprint density at radius 1 is 1.19 bits per heavy atom. The number of nitrogens with one attached hydrogen (secondary N) is 1. The van der Waals surface area contributed by atoms with Crippen molar-refractivity contribution in [3.05, 3.63) is 65.1 Å². The summed E-state index contributed by atoms with van der Waals surface area (Å²) in [5.41, 5.74) is 2.89. The number of aryl methyl sites for hydroxylation is 1. The lowest BCUT2D eigenvalue weighted by molar-refractivity contribution is 0.102. The van der Waals surface area contributed by atoms with Crippen molar-refractivity contribution in [2.45, 2.75) is 6.92 Å². The van der Waals surface area contributed by atoms with Crippen LogP contribution in [0.25, 0.3) is 10.9 Å². The maximum absolute atomic E-state index is 12.2. The number of hydrogen-bond donors (Lipinski definition) is 1. The highest BCUT2D eigenvalue weighted by molar-refractivity contribution is 6.32. The highest BCUT2D eigenvalue weighted by Gasteiger charge is 2.10. The monoisotopic (exact) mass is 297 g/mol. The number of pyridine rings is 2. The Labute approximate surface area is 126 Å². The van der Waals surface area contributed by atoms with Crippen molar-refractivity contribution in [1.82, 2.24) is 9.97 Å². The summed E-state index contributed by atoms with van der Waals surface area (Å²) >= 11 is 6.11. The van der Waals surface area contributed by atoms with Crippen LogP contribution in [-0.4, -0.2) is 15.9 Å². The Morgan fingerprint density at radius 2 is 2.05 bits per heavy atom. The molecule has 2 aromatic heterocycles. The predicted molar refractivity (Wildman–Crippen MR) is 83.7 cm³/mol. The Hall–Kier alpha value is -2.46. The lowest BCUT2D eigenvalue weighted by atomic mass is 10.1. The van der Waals surface area contributed by atoms with E-state index >= 15 is 0 Å². The van der Waals surface area contributed by atoms with Crippen molar-refractivity contribution in [2.75, 3.05) is 5.32 Å². The summed E-state index contributed by atoms with van der Waals surface area (Å²) < 4.78 is 0. The molecule has 0 aliphatic rings. The van der Waals surface area contributed by atoms with Crippen molar-refractivity contribution >= 4 is 34.1 Å². The molecular weight excluding hydrogens is 286 g/mol. The number of halogens is 1. The molecule has 0 bridgehead atoms. The average Bonchev–Trinajstić information content (AvgIpc) is 2.52. The first-order valence-corrected chi connectivity index (χ1v) is 6.80. The minimum Gasteiger partial charge on any atom is -0.321 e. The molecular formula is C16H12ClN3O. The Bertz CT molecular complexity index is 818. The summed E-state index contributed by atoms with van der Waals surface area (Å²) in [6, 6.07) is 8.87. The van der Waals surface area contributed by atoms with Crippen LogP contribution in [0.1, 0.15) is 15.9 Å². The lowest BCUT2D eigenvalue weighted by Gasteiger charge is -2.10. The highest BCUT2D eigenvalue weighted by atomic mass is 35.5. The maximum Gasteiger partial charge on any atom is 0.257 e. The third-order valence-electron chi connectivity index (χ3n) is 3.27. The van der Waals surface area contributed by atoms with Gasteiger partial charge in [-0.05, 0) is 42.8 Å². The second-order valence-corrected chi connectivity index (χ2v) is 5.03. The van der Waals surface area contributed by atoms with E-state index in [9.17, 15) is 4.79 Å². The number of hydrogen-bond acceptors (Lipinski definition) is 3. The average molecular weight is 298 g/mol. The van der Waals surface area contributed by atoms with Gasteiger partial charge in [0.15, 0.2) is 0 Å². The summed E-state index contributed by atoms with van der Waals surface area (Å²) in [5, 5.41) is 4.40. The van der Waals surface area contributed by atoms with E-state index in [1.807, 2.05) is 13.0 Å². The second-order valence-electron chi connectivity index (χ2n) is 4.62. The van der Waals surface area contributed by atoms with Crippen LogP contribution in [0.2, 0.25) is 5.02 Å². The molecule has 3 aromatic rings. The number of fused-ring (bicyclic) bond motifs is 1. The maximum atomic E-state index is 12.2. The number of aromatic nitrogens is 2. The van der Waals surface area contributed by atoms with Gasteiger partial charge in [-0.25, -0.2) is 0 Å². The number of rotatable bonds is 2. The largest absolute Gasteiger partial charge is 0.321 e. The fourth-order valence-electron chi connectivity index (χ4n) is 2.14. The Balaban J connectivity index is 2.02. The zero-order valence-corrected chi connectivity index (χ0v) is 12.1. The highest BCUT2D eigenvalue weighted by Crippen LogP contribution is 2.28. The van der Waals surface area contributed by atoms with Gasteiger partial charge in [-0.2, -0.15) is 0 Å². The predicted octanol–water partition coefficient (Wildman–Crippen LogP) is 3.84. The molecule has 0 saturated heterocycles. The van der Waals surface area contributed by atoms with E-state index in [0.717, 1.165) is 16.5 Å². The fraction of sp³-hybridized carbons (Fsp3) is 0.0625. The van der Waals surface area contributed by atoms with Crippen LogP contribution in [0, 0.1) is 6.92 Å². The first kappa shape index (κ1) is 13.5. The normalized spacial score (nSPS) is 10.6. The van der Waals surface area contributed by atoms with Crippen molar-refractivity contribution in [3.8, 4) is 0 Å². The van der Waals surface area contributed by atoms with Crippen LogP contribution >= 0.6 is 11.6 Å².